The van der Waals surface area contributed by atoms with E-state index in [-0.39, 0.29) is 12.1 Å². The van der Waals surface area contributed by atoms with Crippen LogP contribution in [-0.4, -0.2) is 12.1 Å². The van der Waals surface area contributed by atoms with Crippen molar-refractivity contribution < 1.29 is 4.74 Å². The van der Waals surface area contributed by atoms with Gasteiger partial charge in [-0.3, -0.25) is 0 Å². The molecule has 0 aromatic heterocycles. The highest BCUT2D eigenvalue weighted by atomic mass is 16.5. The van der Waals surface area contributed by atoms with E-state index in [1.165, 1.54) is 36.8 Å². The van der Waals surface area contributed by atoms with Crippen LogP contribution in [0.3, 0.4) is 0 Å². The lowest BCUT2D eigenvalue weighted by Crippen LogP contribution is -2.29. The maximum absolute atomic E-state index is 6.17. The van der Waals surface area contributed by atoms with Crippen LogP contribution in [0.1, 0.15) is 49.8 Å². The second-order valence-electron chi connectivity index (χ2n) is 5.23. The van der Waals surface area contributed by atoms with Gasteiger partial charge in [-0.2, -0.15) is 0 Å². The highest BCUT2D eigenvalue weighted by Crippen LogP contribution is 2.29. The molecule has 0 spiro atoms. The fourth-order valence-corrected chi connectivity index (χ4v) is 2.49. The van der Waals surface area contributed by atoms with Gasteiger partial charge in [0.15, 0.2) is 0 Å². The maximum atomic E-state index is 6.17. The van der Waals surface area contributed by atoms with Crippen LogP contribution in [0.2, 0.25) is 0 Å². The Kier molecular flexibility index (Phi) is 4.19. The molecular weight excluding hydrogens is 210 g/mol. The molecular formula is C15H23NO. The molecule has 1 fully saturated rings. The van der Waals surface area contributed by atoms with E-state index in [2.05, 4.69) is 31.2 Å². The first kappa shape index (κ1) is 12.6. The topological polar surface area (TPSA) is 35.2 Å². The van der Waals surface area contributed by atoms with E-state index in [0.717, 1.165) is 0 Å². The Morgan fingerprint density at radius 3 is 2.29 bits per heavy atom. The predicted molar refractivity (Wildman–Crippen MR) is 70.9 cm³/mol. The molecule has 2 N–H and O–H groups in total. The zero-order chi connectivity index (χ0) is 12.3. The number of aryl methyl sites for hydroxylation is 1. The third-order valence-corrected chi connectivity index (χ3v) is 3.52. The molecule has 0 amide bonds. The minimum atomic E-state index is 0.0401. The summed E-state index contributed by atoms with van der Waals surface area (Å²) in [6.45, 7) is 4.13. The first-order chi connectivity index (χ1) is 8.16. The maximum Gasteiger partial charge on any atom is 0.0976 e. The van der Waals surface area contributed by atoms with E-state index in [9.17, 15) is 0 Å². The zero-order valence-corrected chi connectivity index (χ0v) is 10.9. The number of hydrogen-bond donors (Lipinski definition) is 1. The Hall–Kier alpha value is -0.860. The third kappa shape index (κ3) is 3.30. The summed E-state index contributed by atoms with van der Waals surface area (Å²) in [4.78, 5) is 0. The normalized spacial score (nSPS) is 20.4. The number of nitrogens with two attached hydrogens (primary N) is 1. The molecule has 1 aromatic carbocycles. The van der Waals surface area contributed by atoms with Crippen molar-refractivity contribution in [1.29, 1.82) is 0 Å². The quantitative estimate of drug-likeness (QED) is 0.865. The highest BCUT2D eigenvalue weighted by molar-refractivity contribution is 5.24. The van der Waals surface area contributed by atoms with Crippen LogP contribution in [0.25, 0.3) is 0 Å². The molecule has 2 atom stereocenters. The van der Waals surface area contributed by atoms with Crippen molar-refractivity contribution in [3.63, 3.8) is 0 Å². The number of hydrogen-bond acceptors (Lipinski definition) is 2. The minimum Gasteiger partial charge on any atom is -0.369 e. The lowest BCUT2D eigenvalue weighted by molar-refractivity contribution is -0.0201. The van der Waals surface area contributed by atoms with Gasteiger partial charge in [-0.05, 0) is 32.3 Å². The molecule has 2 nitrogen and oxygen atoms in total. The molecule has 0 bridgehead atoms. The van der Waals surface area contributed by atoms with Crippen LogP contribution < -0.4 is 5.73 Å². The molecule has 17 heavy (non-hydrogen) atoms. The smallest absolute Gasteiger partial charge is 0.0976 e. The third-order valence-electron chi connectivity index (χ3n) is 3.52. The van der Waals surface area contributed by atoms with Crippen molar-refractivity contribution in [2.75, 3.05) is 0 Å². The number of benzene rings is 1. The highest BCUT2D eigenvalue weighted by Gasteiger charge is 2.24. The summed E-state index contributed by atoms with van der Waals surface area (Å²) < 4.78 is 6.17. The summed E-state index contributed by atoms with van der Waals surface area (Å²) in [6, 6.07) is 8.57. The molecule has 1 aliphatic carbocycles. The predicted octanol–water partition coefficient (Wildman–Crippen LogP) is 3.34. The molecule has 1 aromatic rings. The average molecular weight is 233 g/mol. The average Bonchev–Trinajstić information content (AvgIpc) is 2.80. The van der Waals surface area contributed by atoms with Gasteiger partial charge in [-0.25, -0.2) is 0 Å². The summed E-state index contributed by atoms with van der Waals surface area (Å²) in [5.74, 6) is 0. The van der Waals surface area contributed by atoms with E-state index >= 15 is 0 Å². The first-order valence-corrected chi connectivity index (χ1v) is 6.64. The summed E-state index contributed by atoms with van der Waals surface area (Å²) in [7, 11) is 0. The largest absolute Gasteiger partial charge is 0.369 e. The van der Waals surface area contributed by atoms with Gasteiger partial charge in [0.25, 0.3) is 0 Å². The Bertz CT molecular complexity index is 338. The lowest BCUT2D eigenvalue weighted by atomic mass is 10.0. The molecule has 1 aliphatic rings. The zero-order valence-electron chi connectivity index (χ0n) is 10.9. The molecule has 2 rings (SSSR count). The summed E-state index contributed by atoms with van der Waals surface area (Å²) in [6.07, 6.45) is 5.42. The van der Waals surface area contributed by atoms with Crippen LogP contribution in [-0.2, 0) is 4.74 Å². The van der Waals surface area contributed by atoms with Gasteiger partial charge < -0.3 is 10.5 Å². The van der Waals surface area contributed by atoms with E-state index in [1.807, 2.05) is 6.92 Å². The molecule has 0 saturated heterocycles. The lowest BCUT2D eigenvalue weighted by Gasteiger charge is -2.25. The fraction of sp³-hybridized carbons (Fsp3) is 0.600. The monoisotopic (exact) mass is 233 g/mol. The van der Waals surface area contributed by atoms with Crippen LogP contribution in [0.4, 0.5) is 0 Å². The fourth-order valence-electron chi connectivity index (χ4n) is 2.49. The summed E-state index contributed by atoms with van der Waals surface area (Å²) in [5, 5.41) is 0. The van der Waals surface area contributed by atoms with Gasteiger partial charge in [0.05, 0.1) is 12.2 Å². The van der Waals surface area contributed by atoms with Crippen molar-refractivity contribution in [2.45, 2.75) is 57.8 Å². The SMILES string of the molecule is Cc1ccc(C(OC2CCCC2)C(C)N)cc1. The van der Waals surface area contributed by atoms with Crippen molar-refractivity contribution in [2.24, 2.45) is 5.73 Å². The first-order valence-electron chi connectivity index (χ1n) is 6.64. The van der Waals surface area contributed by atoms with Crippen LogP contribution >= 0.6 is 0 Å². The second kappa shape index (κ2) is 5.65. The van der Waals surface area contributed by atoms with Crippen LogP contribution in [0.5, 0.6) is 0 Å². The Morgan fingerprint density at radius 2 is 1.76 bits per heavy atom. The van der Waals surface area contributed by atoms with Gasteiger partial charge in [0, 0.05) is 6.04 Å². The standard InChI is InChI=1S/C15H23NO/c1-11-7-9-13(10-8-11)15(12(2)16)17-14-5-3-4-6-14/h7-10,12,14-15H,3-6,16H2,1-2H3. The van der Waals surface area contributed by atoms with Crippen molar-refractivity contribution >= 4 is 0 Å². The van der Waals surface area contributed by atoms with E-state index in [1.54, 1.807) is 0 Å². The molecule has 0 aliphatic heterocycles. The minimum absolute atomic E-state index is 0.0401. The Morgan fingerprint density at radius 1 is 1.18 bits per heavy atom. The molecule has 94 valence electrons. The van der Waals surface area contributed by atoms with E-state index < -0.39 is 0 Å². The number of ether oxygens (including phenoxy) is 1. The molecule has 2 heteroatoms. The van der Waals surface area contributed by atoms with Gasteiger partial charge in [0.1, 0.15) is 0 Å². The Labute approximate surface area is 104 Å². The van der Waals surface area contributed by atoms with Crippen molar-refractivity contribution in [3.05, 3.63) is 35.4 Å². The van der Waals surface area contributed by atoms with Gasteiger partial charge in [0.2, 0.25) is 0 Å². The van der Waals surface area contributed by atoms with Crippen LogP contribution in [0, 0.1) is 6.92 Å². The van der Waals surface area contributed by atoms with Gasteiger partial charge in [-0.15, -0.1) is 0 Å². The molecule has 2 unspecified atom stereocenters. The molecule has 0 radical (unpaired) electrons. The summed E-state index contributed by atoms with van der Waals surface area (Å²) >= 11 is 0. The summed E-state index contributed by atoms with van der Waals surface area (Å²) in [5.41, 5.74) is 8.54. The molecule has 1 saturated carbocycles. The number of rotatable bonds is 4. The van der Waals surface area contributed by atoms with E-state index in [4.69, 9.17) is 10.5 Å². The van der Waals surface area contributed by atoms with E-state index in [0.29, 0.717) is 6.10 Å². The molecule has 0 heterocycles. The Balaban J connectivity index is 2.08. The van der Waals surface area contributed by atoms with Gasteiger partial charge >= 0.3 is 0 Å². The van der Waals surface area contributed by atoms with Crippen LogP contribution in [0.15, 0.2) is 24.3 Å². The van der Waals surface area contributed by atoms with Crippen molar-refractivity contribution in [1.82, 2.24) is 0 Å². The van der Waals surface area contributed by atoms with Gasteiger partial charge in [-0.1, -0.05) is 42.7 Å². The van der Waals surface area contributed by atoms with Crippen molar-refractivity contribution in [3.8, 4) is 0 Å². The second-order valence-corrected chi connectivity index (χ2v) is 5.23.